The summed E-state index contributed by atoms with van der Waals surface area (Å²) < 4.78 is 0. The zero-order valence-corrected chi connectivity index (χ0v) is 18.0. The fourth-order valence-corrected chi connectivity index (χ4v) is 3.96. The molecule has 0 radical (unpaired) electrons. The highest BCUT2D eigenvalue weighted by Crippen LogP contribution is 2.32. The molecule has 0 saturated carbocycles. The van der Waals surface area contributed by atoms with Crippen molar-refractivity contribution in [2.75, 3.05) is 5.73 Å². The third kappa shape index (κ3) is 4.46. The number of nitrogen functional groups attached to an aromatic ring is 1. The number of carbonyl (C=O) groups excluding carboxylic acids is 1. The highest BCUT2D eigenvalue weighted by atomic mass is 35.5. The first-order valence-corrected chi connectivity index (χ1v) is 10.1. The van der Waals surface area contributed by atoms with Gasteiger partial charge in [-0.05, 0) is 53.7 Å². The molecule has 1 heterocycles. The maximum absolute atomic E-state index is 13.2. The molecule has 3 aromatic rings. The second-order valence-electron chi connectivity index (χ2n) is 7.90. The van der Waals surface area contributed by atoms with Gasteiger partial charge in [0.05, 0.1) is 6.04 Å². The zero-order valence-electron chi connectivity index (χ0n) is 17.2. The average Bonchev–Trinajstić information content (AvgIpc) is 3.18. The molecule has 3 N–H and O–H groups in total. The molecule has 0 aliphatic heterocycles. The number of aryl methyl sites for hydroxylation is 1. The van der Waals surface area contributed by atoms with Crippen LogP contribution in [0.2, 0.25) is 0 Å². The van der Waals surface area contributed by atoms with Crippen LogP contribution in [0.4, 0.5) is 5.69 Å². The fourth-order valence-electron chi connectivity index (χ4n) is 3.96. The van der Waals surface area contributed by atoms with Gasteiger partial charge in [0.1, 0.15) is 0 Å². The Hall–Kier alpha value is -2.93. The first kappa shape index (κ1) is 21.8. The minimum atomic E-state index is -0.529. The van der Waals surface area contributed by atoms with Crippen LogP contribution >= 0.6 is 12.4 Å². The van der Waals surface area contributed by atoms with Gasteiger partial charge in [0.15, 0.2) is 6.04 Å². The predicted octanol–water partition coefficient (Wildman–Crippen LogP) is 3.74. The second-order valence-corrected chi connectivity index (χ2v) is 7.90. The molecule has 1 aliphatic carbocycles. The summed E-state index contributed by atoms with van der Waals surface area (Å²) in [5.74, 6) is 0.441. The number of halogens is 1. The predicted molar refractivity (Wildman–Crippen MR) is 119 cm³/mol. The quantitative estimate of drug-likeness (QED) is 0.605. The molecule has 7 nitrogen and oxygen atoms in total. The number of rotatable bonds is 5. The van der Waals surface area contributed by atoms with E-state index in [-0.39, 0.29) is 30.3 Å². The van der Waals surface area contributed by atoms with Crippen molar-refractivity contribution in [1.29, 1.82) is 0 Å². The molecule has 30 heavy (non-hydrogen) atoms. The van der Waals surface area contributed by atoms with E-state index in [1.807, 2.05) is 62.4 Å². The minimum absolute atomic E-state index is 0. The van der Waals surface area contributed by atoms with Crippen molar-refractivity contribution in [3.8, 4) is 11.4 Å². The van der Waals surface area contributed by atoms with Crippen molar-refractivity contribution in [3.63, 3.8) is 0 Å². The van der Waals surface area contributed by atoms with Crippen molar-refractivity contribution in [1.82, 2.24) is 25.5 Å². The summed E-state index contributed by atoms with van der Waals surface area (Å²) in [7, 11) is 0. The van der Waals surface area contributed by atoms with Crippen LogP contribution in [0.15, 0.2) is 48.5 Å². The molecule has 8 heteroatoms. The summed E-state index contributed by atoms with van der Waals surface area (Å²) in [5.41, 5.74) is 9.93. The molecular weight excluding hydrogens is 400 g/mol. The van der Waals surface area contributed by atoms with Gasteiger partial charge < -0.3 is 11.1 Å². The highest BCUT2D eigenvalue weighted by Gasteiger charge is 2.30. The van der Waals surface area contributed by atoms with Gasteiger partial charge in [0.25, 0.3) is 0 Å². The Labute approximate surface area is 182 Å². The van der Waals surface area contributed by atoms with Crippen molar-refractivity contribution >= 4 is 24.0 Å². The van der Waals surface area contributed by atoms with Gasteiger partial charge in [-0.15, -0.1) is 22.6 Å². The van der Waals surface area contributed by atoms with E-state index < -0.39 is 6.04 Å². The van der Waals surface area contributed by atoms with Crippen molar-refractivity contribution in [3.05, 3.63) is 59.7 Å². The molecule has 1 amide bonds. The Morgan fingerprint density at radius 2 is 1.97 bits per heavy atom. The maximum Gasteiger partial charge on any atom is 0.247 e. The van der Waals surface area contributed by atoms with Gasteiger partial charge in [-0.3, -0.25) is 4.79 Å². The summed E-state index contributed by atoms with van der Waals surface area (Å²) in [6, 6.07) is 15.0. The SMILES string of the molecule is CC(C)C(C(=O)NC1CCCc2cc(N)ccc21)n1nnc(-c2ccccc2)n1.Cl. The molecule has 0 saturated heterocycles. The lowest BCUT2D eigenvalue weighted by Crippen LogP contribution is -2.39. The van der Waals surface area contributed by atoms with Crippen LogP contribution in [0, 0.1) is 5.92 Å². The fraction of sp³-hybridized carbons (Fsp3) is 0.364. The Morgan fingerprint density at radius 1 is 1.20 bits per heavy atom. The third-order valence-electron chi connectivity index (χ3n) is 5.41. The summed E-state index contributed by atoms with van der Waals surface area (Å²) >= 11 is 0. The van der Waals surface area contributed by atoms with Gasteiger partial charge in [0.2, 0.25) is 11.7 Å². The van der Waals surface area contributed by atoms with E-state index in [1.165, 1.54) is 10.4 Å². The Balaban J connectivity index is 0.00000256. The lowest BCUT2D eigenvalue weighted by molar-refractivity contribution is -0.127. The van der Waals surface area contributed by atoms with E-state index in [1.54, 1.807) is 0 Å². The van der Waals surface area contributed by atoms with Crippen molar-refractivity contribution in [2.24, 2.45) is 5.92 Å². The standard InChI is InChI=1S/C22H26N6O.ClH/c1-14(2)20(28-26-21(25-27-28)15-7-4-3-5-8-15)22(29)24-19-10-6-9-16-13-17(23)11-12-18(16)19;/h3-5,7-8,11-14,19-20H,6,9-10,23H2,1-2H3,(H,24,29);1H. The van der Waals surface area contributed by atoms with Crippen LogP contribution < -0.4 is 11.1 Å². The van der Waals surface area contributed by atoms with Gasteiger partial charge >= 0.3 is 0 Å². The number of aromatic nitrogens is 4. The zero-order chi connectivity index (χ0) is 20.4. The van der Waals surface area contributed by atoms with Crippen LogP contribution in [0.5, 0.6) is 0 Å². The molecule has 0 bridgehead atoms. The van der Waals surface area contributed by atoms with Crippen LogP contribution in [0.3, 0.4) is 0 Å². The first-order valence-electron chi connectivity index (χ1n) is 10.1. The number of carbonyl (C=O) groups is 1. The van der Waals surface area contributed by atoms with Crippen LogP contribution in [-0.4, -0.2) is 26.1 Å². The normalized spacial score (nSPS) is 16.4. The number of nitrogens with two attached hydrogens (primary N) is 1. The number of benzene rings is 2. The van der Waals surface area contributed by atoms with Crippen LogP contribution in [0.1, 0.15) is 49.9 Å². The molecule has 0 spiro atoms. The Bertz CT molecular complexity index is 1000. The summed E-state index contributed by atoms with van der Waals surface area (Å²) in [5, 5.41) is 16.0. The first-order chi connectivity index (χ1) is 14.0. The van der Waals surface area contributed by atoms with Crippen LogP contribution in [0.25, 0.3) is 11.4 Å². The molecule has 0 fully saturated rings. The van der Waals surface area contributed by atoms with E-state index in [2.05, 4.69) is 20.7 Å². The largest absolute Gasteiger partial charge is 0.399 e. The topological polar surface area (TPSA) is 98.7 Å². The lowest BCUT2D eigenvalue weighted by atomic mass is 9.87. The van der Waals surface area contributed by atoms with Gasteiger partial charge in [0, 0.05) is 11.3 Å². The smallest absolute Gasteiger partial charge is 0.247 e. The molecule has 1 aliphatic rings. The average molecular weight is 427 g/mol. The number of fused-ring (bicyclic) bond motifs is 1. The minimum Gasteiger partial charge on any atom is -0.399 e. The van der Waals surface area contributed by atoms with Gasteiger partial charge in [-0.2, -0.15) is 4.80 Å². The molecule has 2 unspecified atom stereocenters. The number of amides is 1. The van der Waals surface area contributed by atoms with E-state index >= 15 is 0 Å². The second kappa shape index (κ2) is 9.26. The number of nitrogens with zero attached hydrogens (tertiary/aromatic N) is 4. The van der Waals surface area contributed by atoms with Crippen molar-refractivity contribution < 1.29 is 4.79 Å². The number of hydrogen-bond acceptors (Lipinski definition) is 5. The van der Waals surface area contributed by atoms with E-state index in [0.717, 1.165) is 36.1 Å². The Morgan fingerprint density at radius 3 is 2.70 bits per heavy atom. The number of anilines is 1. The van der Waals surface area contributed by atoms with E-state index in [0.29, 0.717) is 5.82 Å². The molecule has 2 aromatic carbocycles. The molecule has 4 rings (SSSR count). The van der Waals surface area contributed by atoms with E-state index in [9.17, 15) is 4.79 Å². The van der Waals surface area contributed by atoms with Crippen molar-refractivity contribution in [2.45, 2.75) is 45.2 Å². The molecule has 1 aromatic heterocycles. The summed E-state index contributed by atoms with van der Waals surface area (Å²) in [6.07, 6.45) is 2.92. The van der Waals surface area contributed by atoms with Gasteiger partial charge in [-0.25, -0.2) is 0 Å². The number of nitrogens with one attached hydrogen (secondary N) is 1. The lowest BCUT2D eigenvalue weighted by Gasteiger charge is -2.29. The maximum atomic E-state index is 13.2. The van der Waals surface area contributed by atoms with Gasteiger partial charge in [-0.1, -0.05) is 50.2 Å². The van der Waals surface area contributed by atoms with Crippen LogP contribution in [-0.2, 0) is 11.2 Å². The van der Waals surface area contributed by atoms with E-state index in [4.69, 9.17) is 5.73 Å². The summed E-state index contributed by atoms with van der Waals surface area (Å²) in [6.45, 7) is 3.98. The Kier molecular flexibility index (Phi) is 6.72. The molecule has 2 atom stereocenters. The highest BCUT2D eigenvalue weighted by molar-refractivity contribution is 5.85. The monoisotopic (exact) mass is 426 g/mol. The third-order valence-corrected chi connectivity index (χ3v) is 5.41. The summed E-state index contributed by atoms with van der Waals surface area (Å²) in [4.78, 5) is 14.7. The number of tetrazole rings is 1. The molecule has 158 valence electrons. The number of hydrogen-bond donors (Lipinski definition) is 2. The molecular formula is C22H27ClN6O.